The van der Waals surface area contributed by atoms with Gasteiger partial charge in [0, 0.05) is 13.1 Å². The lowest BCUT2D eigenvalue weighted by Gasteiger charge is -1.99. The molecular weight excluding hydrogens is 230 g/mol. The normalized spacial score (nSPS) is 21.9. The molecular formula is C18H26N. The van der Waals surface area contributed by atoms with Crippen molar-refractivity contribution in [1.82, 2.24) is 5.32 Å². The van der Waals surface area contributed by atoms with Gasteiger partial charge in [-0.1, -0.05) is 55.8 Å². The molecule has 0 spiro atoms. The average molecular weight is 256 g/mol. The van der Waals surface area contributed by atoms with E-state index < -0.39 is 0 Å². The van der Waals surface area contributed by atoms with Crippen molar-refractivity contribution in [3.63, 3.8) is 0 Å². The van der Waals surface area contributed by atoms with Crippen molar-refractivity contribution < 1.29 is 0 Å². The molecule has 1 fully saturated rings. The topological polar surface area (TPSA) is 14.1 Å². The number of allylic oxidation sites excluding steroid dienone is 2. The van der Waals surface area contributed by atoms with Crippen LogP contribution in [0, 0.1) is 5.92 Å². The van der Waals surface area contributed by atoms with E-state index in [1.54, 1.807) is 0 Å². The number of hydrogen-bond acceptors (Lipinski definition) is 0. The molecule has 0 aliphatic heterocycles. The summed E-state index contributed by atoms with van der Waals surface area (Å²) in [6.45, 7) is 4.31. The Hall–Kier alpha value is -1.08. The molecule has 0 aromatic heterocycles. The predicted octanol–water partition coefficient (Wildman–Crippen LogP) is 4.53. The summed E-state index contributed by atoms with van der Waals surface area (Å²) in [5, 5.41) is 4.52. The highest BCUT2D eigenvalue weighted by atomic mass is 14.8. The first-order valence-corrected chi connectivity index (χ1v) is 7.76. The molecule has 0 heterocycles. The fourth-order valence-corrected chi connectivity index (χ4v) is 2.48. The van der Waals surface area contributed by atoms with E-state index in [1.165, 1.54) is 37.7 Å². The van der Waals surface area contributed by atoms with E-state index >= 15 is 0 Å². The molecule has 1 aliphatic carbocycles. The van der Waals surface area contributed by atoms with Crippen molar-refractivity contribution in [2.24, 2.45) is 5.92 Å². The molecule has 1 aromatic rings. The van der Waals surface area contributed by atoms with Gasteiger partial charge in [0.05, 0.1) is 0 Å². The molecule has 0 amide bonds. The zero-order valence-electron chi connectivity index (χ0n) is 12.1. The fourth-order valence-electron chi connectivity index (χ4n) is 2.48. The van der Waals surface area contributed by atoms with Gasteiger partial charge in [-0.2, -0.15) is 0 Å². The quantitative estimate of drug-likeness (QED) is 0.455. The summed E-state index contributed by atoms with van der Waals surface area (Å²) in [6, 6.07) is 10.9. The van der Waals surface area contributed by atoms with Crippen molar-refractivity contribution in [3.05, 3.63) is 48.0 Å². The Morgan fingerprint density at radius 1 is 1.16 bits per heavy atom. The molecule has 1 nitrogen and oxygen atoms in total. The van der Waals surface area contributed by atoms with Gasteiger partial charge in [0.1, 0.15) is 0 Å². The van der Waals surface area contributed by atoms with Gasteiger partial charge in [-0.05, 0) is 43.1 Å². The van der Waals surface area contributed by atoms with Crippen LogP contribution < -0.4 is 5.32 Å². The zero-order chi connectivity index (χ0) is 13.3. The third-order valence-corrected chi connectivity index (χ3v) is 3.81. The Bertz CT molecular complexity index is 369. The summed E-state index contributed by atoms with van der Waals surface area (Å²) < 4.78 is 0. The maximum atomic E-state index is 4.52. The Balaban J connectivity index is 1.53. The predicted molar refractivity (Wildman–Crippen MR) is 82.4 cm³/mol. The lowest BCUT2D eigenvalue weighted by atomic mass is 10.1. The lowest BCUT2D eigenvalue weighted by Crippen LogP contribution is -2.07. The maximum absolute atomic E-state index is 4.52. The van der Waals surface area contributed by atoms with Gasteiger partial charge < -0.3 is 0 Å². The monoisotopic (exact) mass is 256 g/mol. The van der Waals surface area contributed by atoms with Crippen LogP contribution in [0.15, 0.2) is 42.5 Å². The Morgan fingerprint density at radius 2 is 1.95 bits per heavy atom. The van der Waals surface area contributed by atoms with Crippen molar-refractivity contribution in [1.29, 1.82) is 0 Å². The van der Waals surface area contributed by atoms with E-state index in [0.29, 0.717) is 0 Å². The first-order chi connectivity index (χ1) is 9.42. The van der Waals surface area contributed by atoms with Crippen LogP contribution in [0.25, 0.3) is 0 Å². The van der Waals surface area contributed by atoms with Gasteiger partial charge in [-0.15, -0.1) is 0 Å². The second kappa shape index (κ2) is 8.16. The van der Waals surface area contributed by atoms with Crippen molar-refractivity contribution in [2.45, 2.75) is 44.9 Å². The van der Waals surface area contributed by atoms with Gasteiger partial charge in [-0.3, -0.25) is 0 Å². The summed E-state index contributed by atoms with van der Waals surface area (Å²) in [4.78, 5) is 0. The molecule has 1 aromatic carbocycles. The van der Waals surface area contributed by atoms with Crippen molar-refractivity contribution in [3.8, 4) is 0 Å². The number of hydrogen-bond donors (Lipinski definition) is 0. The average Bonchev–Trinajstić information content (AvgIpc) is 3.22. The van der Waals surface area contributed by atoms with Gasteiger partial charge in [0.2, 0.25) is 0 Å². The molecule has 1 heteroatoms. The van der Waals surface area contributed by atoms with Crippen molar-refractivity contribution >= 4 is 0 Å². The van der Waals surface area contributed by atoms with Crippen LogP contribution in [0.4, 0.5) is 0 Å². The minimum Gasteiger partial charge on any atom is -0.242 e. The smallest absolute Gasteiger partial charge is 0.0136 e. The van der Waals surface area contributed by atoms with Crippen LogP contribution in [0.5, 0.6) is 0 Å². The molecule has 1 aliphatic rings. The molecule has 0 N–H and O–H groups in total. The highest BCUT2D eigenvalue weighted by molar-refractivity contribution is 5.28. The third-order valence-electron chi connectivity index (χ3n) is 3.81. The van der Waals surface area contributed by atoms with E-state index in [4.69, 9.17) is 0 Å². The summed E-state index contributed by atoms with van der Waals surface area (Å²) in [6.07, 6.45) is 11.0. The SMILES string of the molecule is CCCC[N]CCC/C=C/[C@@H]1C[C@H]1c1ccccc1. The first-order valence-electron chi connectivity index (χ1n) is 7.76. The Morgan fingerprint density at radius 3 is 2.74 bits per heavy atom. The van der Waals surface area contributed by atoms with Gasteiger partial charge in [0.25, 0.3) is 0 Å². The molecule has 1 saturated carbocycles. The minimum atomic E-state index is 0.784. The molecule has 0 bridgehead atoms. The number of benzene rings is 1. The van der Waals surface area contributed by atoms with E-state index in [9.17, 15) is 0 Å². The molecule has 1 radical (unpaired) electrons. The lowest BCUT2D eigenvalue weighted by molar-refractivity contribution is 0.609. The fraction of sp³-hybridized carbons (Fsp3) is 0.556. The molecule has 2 rings (SSSR count). The highest BCUT2D eigenvalue weighted by Crippen LogP contribution is 2.48. The van der Waals surface area contributed by atoms with Crippen LogP contribution >= 0.6 is 0 Å². The van der Waals surface area contributed by atoms with E-state index in [-0.39, 0.29) is 0 Å². The zero-order valence-corrected chi connectivity index (χ0v) is 12.1. The summed E-state index contributed by atoms with van der Waals surface area (Å²) in [5.41, 5.74) is 1.51. The second-order valence-electron chi connectivity index (χ2n) is 5.51. The summed E-state index contributed by atoms with van der Waals surface area (Å²) in [7, 11) is 0. The molecule has 103 valence electrons. The summed E-state index contributed by atoms with van der Waals surface area (Å²) >= 11 is 0. The van der Waals surface area contributed by atoms with Crippen LogP contribution in [-0.4, -0.2) is 13.1 Å². The Labute approximate surface area is 118 Å². The molecule has 0 saturated heterocycles. The third kappa shape index (κ3) is 5.20. The number of unbranched alkanes of at least 4 members (excludes halogenated alkanes) is 2. The van der Waals surface area contributed by atoms with Crippen molar-refractivity contribution in [2.75, 3.05) is 13.1 Å². The maximum Gasteiger partial charge on any atom is 0.0136 e. The van der Waals surface area contributed by atoms with E-state index in [1.807, 2.05) is 0 Å². The van der Waals surface area contributed by atoms with Crippen LogP contribution in [0.2, 0.25) is 0 Å². The van der Waals surface area contributed by atoms with Crippen LogP contribution in [0.1, 0.15) is 50.5 Å². The Kier molecular flexibility index (Phi) is 6.16. The highest BCUT2D eigenvalue weighted by Gasteiger charge is 2.35. The number of rotatable bonds is 9. The van der Waals surface area contributed by atoms with Crippen LogP contribution in [-0.2, 0) is 0 Å². The van der Waals surface area contributed by atoms with Crippen LogP contribution in [0.3, 0.4) is 0 Å². The minimum absolute atomic E-state index is 0.784. The molecule has 2 atom stereocenters. The second-order valence-corrected chi connectivity index (χ2v) is 5.51. The van der Waals surface area contributed by atoms with E-state index in [0.717, 1.165) is 24.9 Å². The first kappa shape index (κ1) is 14.3. The largest absolute Gasteiger partial charge is 0.242 e. The molecule has 0 unspecified atom stereocenters. The van der Waals surface area contributed by atoms with Gasteiger partial charge >= 0.3 is 0 Å². The van der Waals surface area contributed by atoms with Gasteiger partial charge in [0.15, 0.2) is 0 Å². The standard InChI is InChI=1S/C18H26N/c1-2-3-13-19-14-9-5-8-12-17-15-18(17)16-10-6-4-7-11-16/h4,6-8,10-12,17-18H,2-3,5,9,13-15H2,1H3/b12-8+/t17-,18+/m1/s1. The summed E-state index contributed by atoms with van der Waals surface area (Å²) in [5.74, 6) is 1.58. The number of nitrogens with zero attached hydrogens (tertiary/aromatic N) is 1. The van der Waals surface area contributed by atoms with Gasteiger partial charge in [-0.25, -0.2) is 5.32 Å². The van der Waals surface area contributed by atoms with E-state index in [2.05, 4.69) is 54.7 Å². The molecule has 19 heavy (non-hydrogen) atoms.